The summed E-state index contributed by atoms with van der Waals surface area (Å²) in [6, 6.07) is 18.1. The topological polar surface area (TPSA) is 89.5 Å². The van der Waals surface area contributed by atoms with Gasteiger partial charge in [-0.3, -0.25) is 9.59 Å². The molecule has 1 fully saturated rings. The predicted molar refractivity (Wildman–Crippen MR) is 148 cm³/mol. The fourth-order valence-corrected chi connectivity index (χ4v) is 4.68. The molecular formula is C29H27ClN4O3. The van der Waals surface area contributed by atoms with Crippen LogP contribution in [0.4, 0.5) is 5.69 Å². The van der Waals surface area contributed by atoms with Gasteiger partial charge >= 0.3 is 0 Å². The molecule has 2 heterocycles. The van der Waals surface area contributed by atoms with Crippen molar-refractivity contribution >= 4 is 46.1 Å². The Morgan fingerprint density at radius 1 is 0.973 bits per heavy atom. The number of aliphatic hydroxyl groups excluding tert-OH is 1. The van der Waals surface area contributed by atoms with Gasteiger partial charge in [0.05, 0.1) is 11.0 Å². The first-order chi connectivity index (χ1) is 17.8. The first kappa shape index (κ1) is 24.6. The maximum Gasteiger partial charge on any atom is 0.274 e. The lowest BCUT2D eigenvalue weighted by Crippen LogP contribution is -2.49. The number of aromatic amines is 1. The second-order valence-electron chi connectivity index (χ2n) is 9.29. The van der Waals surface area contributed by atoms with Gasteiger partial charge < -0.3 is 19.9 Å². The third-order valence-electron chi connectivity index (χ3n) is 6.65. The van der Waals surface area contributed by atoms with Gasteiger partial charge in [-0.25, -0.2) is 4.98 Å². The first-order valence-electron chi connectivity index (χ1n) is 12.1. The highest BCUT2D eigenvalue weighted by atomic mass is 35.5. The van der Waals surface area contributed by atoms with Crippen molar-refractivity contribution in [3.8, 4) is 0 Å². The van der Waals surface area contributed by atoms with Gasteiger partial charge in [-0.1, -0.05) is 23.7 Å². The van der Waals surface area contributed by atoms with Crippen LogP contribution in [0, 0.1) is 13.8 Å². The lowest BCUT2D eigenvalue weighted by Gasteiger charge is -2.37. The second-order valence-corrected chi connectivity index (χ2v) is 9.73. The Bertz CT molecular complexity index is 1570. The van der Waals surface area contributed by atoms with Crippen LogP contribution in [0.25, 0.3) is 22.9 Å². The summed E-state index contributed by atoms with van der Waals surface area (Å²) >= 11 is 5.90. The van der Waals surface area contributed by atoms with E-state index in [0.29, 0.717) is 40.3 Å². The summed E-state index contributed by atoms with van der Waals surface area (Å²) in [7, 11) is 0. The van der Waals surface area contributed by atoms with Crippen LogP contribution in [-0.4, -0.2) is 52.1 Å². The number of halogens is 1. The number of H-pyrrole nitrogens is 1. The Balaban J connectivity index is 1.33. The van der Waals surface area contributed by atoms with Crippen LogP contribution < -0.4 is 10.5 Å². The maximum absolute atomic E-state index is 13.2. The molecule has 0 spiro atoms. The van der Waals surface area contributed by atoms with Gasteiger partial charge in [-0.05, 0) is 73.5 Å². The SMILES string of the molecule is Cc1ccc(C)c(N2CCN(C(=O)c3ccc4nc(C=C(O)c5ccc(Cl)cc5)c(=O)[nH]c4c3)CC2)c1. The van der Waals surface area contributed by atoms with Gasteiger partial charge in [-0.2, -0.15) is 0 Å². The highest BCUT2D eigenvalue weighted by molar-refractivity contribution is 6.30. The first-order valence-corrected chi connectivity index (χ1v) is 12.5. The number of hydrogen-bond donors (Lipinski definition) is 2. The van der Waals surface area contributed by atoms with Gasteiger partial charge in [0.25, 0.3) is 11.5 Å². The molecule has 5 rings (SSSR count). The van der Waals surface area contributed by atoms with E-state index in [2.05, 4.69) is 46.9 Å². The van der Waals surface area contributed by atoms with Gasteiger partial charge in [0.1, 0.15) is 11.5 Å². The van der Waals surface area contributed by atoms with Crippen LogP contribution in [0.3, 0.4) is 0 Å². The molecule has 0 unspecified atom stereocenters. The van der Waals surface area contributed by atoms with Crippen LogP contribution in [0.5, 0.6) is 0 Å². The molecule has 0 atom stereocenters. The van der Waals surface area contributed by atoms with E-state index in [0.717, 1.165) is 13.1 Å². The Morgan fingerprint density at radius 3 is 2.41 bits per heavy atom. The number of aromatic nitrogens is 2. The number of fused-ring (bicyclic) bond motifs is 1. The normalized spacial score (nSPS) is 14.3. The highest BCUT2D eigenvalue weighted by Gasteiger charge is 2.23. The zero-order chi connectivity index (χ0) is 26.1. The number of nitrogens with zero attached hydrogens (tertiary/aromatic N) is 3. The highest BCUT2D eigenvalue weighted by Crippen LogP contribution is 2.24. The van der Waals surface area contributed by atoms with E-state index in [-0.39, 0.29) is 17.4 Å². The summed E-state index contributed by atoms with van der Waals surface area (Å²) in [4.78, 5) is 37.2. The lowest BCUT2D eigenvalue weighted by molar-refractivity contribution is 0.0747. The molecule has 0 saturated carbocycles. The summed E-state index contributed by atoms with van der Waals surface area (Å²) in [6.07, 6.45) is 1.32. The molecule has 37 heavy (non-hydrogen) atoms. The molecule has 0 aliphatic carbocycles. The molecule has 8 heteroatoms. The van der Waals surface area contributed by atoms with Crippen molar-refractivity contribution in [2.75, 3.05) is 31.1 Å². The zero-order valence-corrected chi connectivity index (χ0v) is 21.4. The predicted octanol–water partition coefficient (Wildman–Crippen LogP) is 5.21. The monoisotopic (exact) mass is 514 g/mol. The summed E-state index contributed by atoms with van der Waals surface area (Å²) < 4.78 is 0. The molecule has 188 valence electrons. The fraction of sp³-hybridized carbons (Fsp3) is 0.207. The molecule has 1 aliphatic heterocycles. The zero-order valence-electron chi connectivity index (χ0n) is 20.7. The quantitative estimate of drug-likeness (QED) is 0.365. The van der Waals surface area contributed by atoms with Crippen molar-refractivity contribution in [1.29, 1.82) is 0 Å². The van der Waals surface area contributed by atoms with E-state index in [9.17, 15) is 14.7 Å². The molecule has 0 radical (unpaired) electrons. The second kappa shape index (κ2) is 10.1. The third kappa shape index (κ3) is 5.22. The van der Waals surface area contributed by atoms with E-state index < -0.39 is 5.56 Å². The van der Waals surface area contributed by atoms with Crippen molar-refractivity contribution < 1.29 is 9.90 Å². The number of rotatable bonds is 4. The van der Waals surface area contributed by atoms with E-state index >= 15 is 0 Å². The number of piperazine rings is 1. The van der Waals surface area contributed by atoms with Crippen LogP contribution in [-0.2, 0) is 0 Å². The van der Waals surface area contributed by atoms with E-state index in [1.54, 1.807) is 42.5 Å². The Kier molecular flexibility index (Phi) is 6.72. The average Bonchev–Trinajstić information content (AvgIpc) is 2.90. The number of aryl methyl sites for hydroxylation is 2. The smallest absolute Gasteiger partial charge is 0.274 e. The molecule has 4 aromatic rings. The van der Waals surface area contributed by atoms with E-state index in [4.69, 9.17) is 11.6 Å². The van der Waals surface area contributed by atoms with Crippen LogP contribution in [0.15, 0.2) is 65.5 Å². The third-order valence-corrected chi connectivity index (χ3v) is 6.90. The van der Waals surface area contributed by atoms with Gasteiger partial charge in [0.2, 0.25) is 0 Å². The Labute approximate surface area is 219 Å². The summed E-state index contributed by atoms with van der Waals surface area (Å²) in [5, 5.41) is 11.0. The van der Waals surface area contributed by atoms with Gasteiger partial charge in [-0.15, -0.1) is 0 Å². The minimum absolute atomic E-state index is 0.0709. The molecule has 2 N–H and O–H groups in total. The Hall–Kier alpha value is -4.10. The van der Waals surface area contributed by atoms with Crippen molar-refractivity contribution in [2.45, 2.75) is 13.8 Å². The number of anilines is 1. The van der Waals surface area contributed by atoms with Crippen molar-refractivity contribution in [3.05, 3.63) is 104 Å². The Morgan fingerprint density at radius 2 is 1.68 bits per heavy atom. The standard InChI is InChI=1S/C29H27ClN4O3/c1-18-3-4-19(2)26(15-18)33-11-13-34(14-12-33)29(37)21-7-10-23-24(16-21)32-28(36)25(31-23)17-27(35)20-5-8-22(30)9-6-20/h3-10,15-17,35H,11-14H2,1-2H3,(H,32,36). The van der Waals surface area contributed by atoms with Crippen LogP contribution in [0.2, 0.25) is 5.02 Å². The largest absolute Gasteiger partial charge is 0.507 e. The molecule has 7 nitrogen and oxygen atoms in total. The number of benzene rings is 3. The summed E-state index contributed by atoms with van der Waals surface area (Å²) in [6.45, 7) is 6.95. The van der Waals surface area contributed by atoms with Crippen molar-refractivity contribution in [3.63, 3.8) is 0 Å². The number of aliphatic hydroxyl groups is 1. The van der Waals surface area contributed by atoms with Crippen molar-refractivity contribution in [2.24, 2.45) is 0 Å². The molecular weight excluding hydrogens is 488 g/mol. The molecule has 1 saturated heterocycles. The molecule has 3 aromatic carbocycles. The summed E-state index contributed by atoms with van der Waals surface area (Å²) in [5.41, 5.74) is 5.28. The van der Waals surface area contributed by atoms with Gasteiger partial charge in [0, 0.05) is 54.1 Å². The molecule has 0 bridgehead atoms. The number of carbonyl (C=O) groups excluding carboxylic acids is 1. The number of amides is 1. The lowest BCUT2D eigenvalue weighted by atomic mass is 10.1. The van der Waals surface area contributed by atoms with E-state index in [1.807, 2.05) is 4.90 Å². The van der Waals surface area contributed by atoms with Crippen LogP contribution >= 0.6 is 11.6 Å². The van der Waals surface area contributed by atoms with Gasteiger partial charge in [0.15, 0.2) is 0 Å². The average molecular weight is 515 g/mol. The molecule has 1 aliphatic rings. The molecule has 1 amide bonds. The van der Waals surface area contributed by atoms with Crippen molar-refractivity contribution in [1.82, 2.24) is 14.9 Å². The van der Waals surface area contributed by atoms with E-state index in [1.165, 1.54) is 22.9 Å². The minimum atomic E-state index is -0.459. The maximum atomic E-state index is 13.2. The van der Waals surface area contributed by atoms with Crippen LogP contribution in [0.1, 0.15) is 32.7 Å². The molecule has 1 aromatic heterocycles. The summed E-state index contributed by atoms with van der Waals surface area (Å²) in [5.74, 6) is -0.173. The number of hydrogen-bond acceptors (Lipinski definition) is 5. The number of nitrogens with one attached hydrogen (secondary N) is 1. The fourth-order valence-electron chi connectivity index (χ4n) is 4.56. The minimum Gasteiger partial charge on any atom is -0.507 e. The number of carbonyl (C=O) groups is 1.